The number of halogens is 3. The van der Waals surface area contributed by atoms with Crippen molar-refractivity contribution in [2.45, 2.75) is 32.0 Å². The van der Waals surface area contributed by atoms with E-state index < -0.39 is 41.8 Å². The number of fused-ring (bicyclic) bond motifs is 1. The predicted molar refractivity (Wildman–Crippen MR) is 132 cm³/mol. The second-order valence-electron chi connectivity index (χ2n) is 8.84. The van der Waals surface area contributed by atoms with E-state index in [1.807, 2.05) is 0 Å². The monoisotopic (exact) mass is 532 g/mol. The van der Waals surface area contributed by atoms with Crippen molar-refractivity contribution in [1.82, 2.24) is 9.88 Å². The van der Waals surface area contributed by atoms with Crippen LogP contribution >= 0.6 is 23.2 Å². The van der Waals surface area contributed by atoms with E-state index in [0.717, 1.165) is 11.0 Å². The van der Waals surface area contributed by atoms with Crippen LogP contribution in [0.4, 0.5) is 4.39 Å². The minimum atomic E-state index is -3.00. The van der Waals surface area contributed by atoms with Crippen molar-refractivity contribution in [2.75, 3.05) is 13.1 Å². The lowest BCUT2D eigenvalue weighted by Gasteiger charge is -2.40. The Hall–Kier alpha value is -2.84. The maximum Gasteiger partial charge on any atom is 0.257 e. The Morgan fingerprint density at radius 1 is 1.19 bits per heavy atom. The number of carbonyl (C=O) groups excluding carboxylic acids is 2. The van der Waals surface area contributed by atoms with Crippen LogP contribution in [0.25, 0.3) is 0 Å². The normalized spacial score (nSPS) is 22.4. The molecule has 36 heavy (non-hydrogen) atoms. The van der Waals surface area contributed by atoms with E-state index in [9.17, 15) is 14.7 Å². The molecule has 1 N–H and O–H groups in total. The molecule has 9 heteroatoms. The van der Waals surface area contributed by atoms with Crippen molar-refractivity contribution in [2.24, 2.45) is 5.41 Å². The molecule has 2 aliphatic rings. The van der Waals surface area contributed by atoms with Crippen LogP contribution in [-0.4, -0.2) is 39.8 Å². The van der Waals surface area contributed by atoms with Gasteiger partial charge in [0.15, 0.2) is 11.5 Å². The van der Waals surface area contributed by atoms with E-state index >= 15 is 4.39 Å². The fraction of sp³-hybridized carbons (Fsp3) is 0.296. The lowest BCUT2D eigenvalue weighted by atomic mass is 9.91. The average Bonchev–Trinajstić information content (AvgIpc) is 3.67. The van der Waals surface area contributed by atoms with E-state index in [2.05, 4.69) is 4.98 Å². The Bertz CT molecular complexity index is 1510. The summed E-state index contributed by atoms with van der Waals surface area (Å²) >= 11 is 12.1. The molecule has 186 valence electrons. The number of ketones is 1. The molecule has 3 aromatic rings. The lowest BCUT2D eigenvalue weighted by molar-refractivity contribution is -0.130. The van der Waals surface area contributed by atoms with E-state index in [1.54, 1.807) is 0 Å². The van der Waals surface area contributed by atoms with Gasteiger partial charge in [-0.15, -0.1) is 0 Å². The largest absolute Gasteiger partial charge is 0.396 e. The fourth-order valence-corrected chi connectivity index (χ4v) is 4.50. The van der Waals surface area contributed by atoms with Crippen molar-refractivity contribution >= 4 is 34.9 Å². The molecule has 1 amide bonds. The first-order valence-corrected chi connectivity index (χ1v) is 11.8. The molecule has 1 aromatic heterocycles. The standard InChI is InChI=1S/C27H23Cl2FN2O4/c1-16(34)17-10-22-24(23(30)11-17)27(18-2-4-19(28)5-3-18,36-15-26(14-33)8-9-26)32(25(22)35)13-21-7-6-20(29)12-31-21/h2-7,10-12,33H,8-9,13-15H2,1H3/t27-/m1/s1/i14D2,15D2. The van der Waals surface area contributed by atoms with Gasteiger partial charge in [0.05, 0.1) is 47.0 Å². The third-order valence-electron chi connectivity index (χ3n) is 6.39. The Morgan fingerprint density at radius 2 is 1.89 bits per heavy atom. The first-order chi connectivity index (χ1) is 18.6. The molecule has 2 aromatic carbocycles. The third kappa shape index (κ3) is 4.20. The molecular formula is C27H23Cl2FN2O4. The molecule has 0 radical (unpaired) electrons. The topological polar surface area (TPSA) is 79.7 Å². The Morgan fingerprint density at radius 3 is 2.47 bits per heavy atom. The number of hydrogen-bond acceptors (Lipinski definition) is 5. The Labute approximate surface area is 223 Å². The minimum Gasteiger partial charge on any atom is -0.396 e. The first-order valence-electron chi connectivity index (χ1n) is 13.1. The zero-order valence-electron chi connectivity index (χ0n) is 23.0. The zero-order chi connectivity index (χ0) is 29.3. The van der Waals surface area contributed by atoms with Crippen LogP contribution in [0.3, 0.4) is 0 Å². The molecule has 0 bridgehead atoms. The molecule has 1 aliphatic heterocycles. The summed E-state index contributed by atoms with van der Waals surface area (Å²) in [6, 6.07) is 11.0. The van der Waals surface area contributed by atoms with Gasteiger partial charge in [-0.1, -0.05) is 35.3 Å². The summed E-state index contributed by atoms with van der Waals surface area (Å²) in [6.07, 6.45) is 1.22. The van der Waals surface area contributed by atoms with Gasteiger partial charge >= 0.3 is 0 Å². The summed E-state index contributed by atoms with van der Waals surface area (Å²) < 4.78 is 55.9. The number of pyridine rings is 1. The second-order valence-corrected chi connectivity index (χ2v) is 9.72. The molecule has 5 rings (SSSR count). The summed E-state index contributed by atoms with van der Waals surface area (Å²) in [5.41, 5.74) is -4.58. The van der Waals surface area contributed by atoms with Crippen molar-refractivity contribution in [3.63, 3.8) is 0 Å². The van der Waals surface area contributed by atoms with Crippen LogP contribution < -0.4 is 0 Å². The quantitative estimate of drug-likeness (QED) is 0.394. The first kappa shape index (κ1) is 20.2. The average molecular weight is 533 g/mol. The van der Waals surface area contributed by atoms with E-state index in [0.29, 0.717) is 15.7 Å². The van der Waals surface area contributed by atoms with Gasteiger partial charge in [0.25, 0.3) is 5.91 Å². The summed E-state index contributed by atoms with van der Waals surface area (Å²) in [4.78, 5) is 31.5. The summed E-state index contributed by atoms with van der Waals surface area (Å²) in [6.45, 7) is -5.01. The molecule has 1 fully saturated rings. The molecule has 0 saturated heterocycles. The highest BCUT2D eigenvalue weighted by molar-refractivity contribution is 6.30. The SMILES string of the molecule is [2H]C([2H])(O)C1(C([2H])([2H])O[C@]2(c3ccc(Cl)cc3)c3c(F)cc(C(C)=O)cc3C(=O)N2Cc2ccc(Cl)cn2)CC1. The molecule has 6 nitrogen and oxygen atoms in total. The molecule has 1 atom stereocenters. The van der Waals surface area contributed by atoms with E-state index in [4.69, 9.17) is 33.4 Å². The molecule has 0 unspecified atom stereocenters. The fourth-order valence-electron chi connectivity index (χ4n) is 4.27. The number of aromatic nitrogens is 1. The maximum atomic E-state index is 16.1. The lowest BCUT2D eigenvalue weighted by Crippen LogP contribution is -2.48. The number of amides is 1. The highest BCUT2D eigenvalue weighted by Gasteiger charge is 2.56. The molecular weight excluding hydrogens is 506 g/mol. The number of nitrogens with zero attached hydrogens (tertiary/aromatic N) is 2. The van der Waals surface area contributed by atoms with Crippen LogP contribution in [0, 0.1) is 11.2 Å². The highest BCUT2D eigenvalue weighted by Crippen LogP contribution is 2.52. The number of rotatable bonds is 8. The number of carbonyl (C=O) groups is 2. The summed E-state index contributed by atoms with van der Waals surface area (Å²) in [5, 5.41) is 10.9. The van der Waals surface area contributed by atoms with Crippen molar-refractivity contribution in [3.05, 3.63) is 98.5 Å². The van der Waals surface area contributed by atoms with Gasteiger partial charge in [-0.25, -0.2) is 4.39 Å². The summed E-state index contributed by atoms with van der Waals surface area (Å²) in [7, 11) is 0. The predicted octanol–water partition coefficient (Wildman–Crippen LogP) is 5.38. The highest BCUT2D eigenvalue weighted by atomic mass is 35.5. The van der Waals surface area contributed by atoms with Crippen molar-refractivity contribution in [1.29, 1.82) is 0 Å². The molecule has 1 aliphatic carbocycles. The van der Waals surface area contributed by atoms with Gasteiger partial charge < -0.3 is 9.84 Å². The van der Waals surface area contributed by atoms with Gasteiger partial charge in [-0.05, 0) is 56.2 Å². The van der Waals surface area contributed by atoms with Crippen LogP contribution in [0.5, 0.6) is 0 Å². The Balaban J connectivity index is 1.81. The van der Waals surface area contributed by atoms with Gasteiger partial charge in [-0.3, -0.25) is 19.5 Å². The molecule has 1 saturated carbocycles. The number of benzene rings is 2. The number of hydrogen-bond donors (Lipinski definition) is 1. The number of ether oxygens (including phenoxy) is 1. The van der Waals surface area contributed by atoms with E-state index in [-0.39, 0.29) is 41.6 Å². The number of Topliss-reactive ketones (excluding diaryl/α,β-unsaturated/α-hetero) is 1. The Kier molecular flexibility index (Phi) is 5.19. The van der Waals surface area contributed by atoms with Crippen LogP contribution in [0.1, 0.15) is 62.8 Å². The minimum absolute atomic E-state index is 0.0640. The van der Waals surface area contributed by atoms with Crippen LogP contribution in [0.2, 0.25) is 10.0 Å². The zero-order valence-corrected chi connectivity index (χ0v) is 20.5. The second kappa shape index (κ2) is 9.23. The van der Waals surface area contributed by atoms with Gasteiger partial charge in [-0.2, -0.15) is 0 Å². The van der Waals surface area contributed by atoms with Crippen molar-refractivity contribution < 1.29 is 29.3 Å². The summed E-state index contributed by atoms with van der Waals surface area (Å²) in [5.74, 6) is -2.28. The van der Waals surface area contributed by atoms with Crippen LogP contribution in [-0.2, 0) is 17.0 Å². The molecule has 0 spiro atoms. The number of aliphatic hydroxyl groups is 1. The van der Waals surface area contributed by atoms with Gasteiger partial charge in [0.2, 0.25) is 0 Å². The third-order valence-corrected chi connectivity index (χ3v) is 6.87. The molecule has 2 heterocycles. The maximum absolute atomic E-state index is 16.1. The van der Waals surface area contributed by atoms with Gasteiger partial charge in [0.1, 0.15) is 5.82 Å². The van der Waals surface area contributed by atoms with Gasteiger partial charge in [0, 0.05) is 27.8 Å². The van der Waals surface area contributed by atoms with Crippen LogP contribution in [0.15, 0.2) is 54.7 Å². The van der Waals surface area contributed by atoms with Crippen molar-refractivity contribution in [3.8, 4) is 0 Å². The van der Waals surface area contributed by atoms with E-state index in [1.165, 1.54) is 55.6 Å². The smallest absolute Gasteiger partial charge is 0.257 e.